The van der Waals surface area contributed by atoms with Gasteiger partial charge in [-0.05, 0) is 12.5 Å². The maximum absolute atomic E-state index is 11.8. The molecular weight excluding hydrogens is 218 g/mol. The van der Waals surface area contributed by atoms with Gasteiger partial charge in [-0.25, -0.2) is 8.78 Å². The standard InChI is InChI=1S/C10H16F2N2O2/c1-7(2)3-13-4-8-5-15-10(14-8)16-6-9(11)12/h5,7,9,13H,3-4,6H2,1-2H3. The predicted molar refractivity (Wildman–Crippen MR) is 54.5 cm³/mol. The lowest BCUT2D eigenvalue weighted by atomic mass is 10.2. The first-order valence-corrected chi connectivity index (χ1v) is 5.14. The van der Waals surface area contributed by atoms with Gasteiger partial charge < -0.3 is 14.5 Å². The summed E-state index contributed by atoms with van der Waals surface area (Å²) in [6.45, 7) is 4.89. The fraction of sp³-hybridized carbons (Fsp3) is 0.700. The molecule has 1 rings (SSSR count). The van der Waals surface area contributed by atoms with Crippen LogP contribution in [0.2, 0.25) is 0 Å². The van der Waals surface area contributed by atoms with E-state index >= 15 is 0 Å². The molecule has 0 radical (unpaired) electrons. The van der Waals surface area contributed by atoms with Crippen LogP contribution in [0.3, 0.4) is 0 Å². The van der Waals surface area contributed by atoms with Crippen molar-refractivity contribution >= 4 is 0 Å². The Balaban J connectivity index is 2.28. The molecular formula is C10H16F2N2O2. The predicted octanol–water partition coefficient (Wildman–Crippen LogP) is 2.06. The highest BCUT2D eigenvalue weighted by Gasteiger charge is 2.08. The summed E-state index contributed by atoms with van der Waals surface area (Å²) >= 11 is 0. The fourth-order valence-electron chi connectivity index (χ4n) is 1.06. The summed E-state index contributed by atoms with van der Waals surface area (Å²) in [4.78, 5) is 3.89. The summed E-state index contributed by atoms with van der Waals surface area (Å²) in [6.07, 6.45) is -1.23. The maximum atomic E-state index is 11.8. The lowest BCUT2D eigenvalue weighted by Gasteiger charge is -2.04. The molecule has 4 nitrogen and oxygen atoms in total. The van der Waals surface area contributed by atoms with Crippen molar-refractivity contribution in [1.29, 1.82) is 0 Å². The molecule has 0 aromatic carbocycles. The van der Waals surface area contributed by atoms with Gasteiger partial charge in [-0.2, -0.15) is 4.98 Å². The van der Waals surface area contributed by atoms with Crippen molar-refractivity contribution in [2.45, 2.75) is 26.8 Å². The third-order valence-corrected chi connectivity index (χ3v) is 1.72. The Morgan fingerprint density at radius 1 is 1.50 bits per heavy atom. The van der Waals surface area contributed by atoms with Crippen molar-refractivity contribution in [2.75, 3.05) is 13.2 Å². The second kappa shape index (κ2) is 6.42. The van der Waals surface area contributed by atoms with Gasteiger partial charge in [0.05, 0.1) is 5.69 Å². The average molecular weight is 234 g/mol. The van der Waals surface area contributed by atoms with E-state index in [1.165, 1.54) is 6.26 Å². The number of hydrogen-bond donors (Lipinski definition) is 1. The van der Waals surface area contributed by atoms with Crippen LogP contribution in [-0.4, -0.2) is 24.6 Å². The minimum atomic E-state index is -2.52. The minimum absolute atomic E-state index is 0.110. The summed E-state index contributed by atoms with van der Waals surface area (Å²) in [6, 6.07) is 0. The molecule has 16 heavy (non-hydrogen) atoms. The van der Waals surface area contributed by atoms with Crippen molar-refractivity contribution in [3.05, 3.63) is 12.0 Å². The zero-order chi connectivity index (χ0) is 12.0. The van der Waals surface area contributed by atoms with Crippen LogP contribution in [0.5, 0.6) is 6.08 Å². The smallest absolute Gasteiger partial charge is 0.393 e. The van der Waals surface area contributed by atoms with Gasteiger partial charge in [-0.15, -0.1) is 0 Å². The maximum Gasteiger partial charge on any atom is 0.393 e. The summed E-state index contributed by atoms with van der Waals surface area (Å²) in [5.41, 5.74) is 0.643. The van der Waals surface area contributed by atoms with Gasteiger partial charge in [-0.1, -0.05) is 13.8 Å². The Labute approximate surface area is 93.0 Å². The molecule has 1 aromatic heterocycles. The van der Waals surface area contributed by atoms with Crippen LogP contribution in [0.1, 0.15) is 19.5 Å². The molecule has 1 heterocycles. The Morgan fingerprint density at radius 3 is 2.88 bits per heavy atom. The molecule has 0 aliphatic rings. The zero-order valence-electron chi connectivity index (χ0n) is 9.37. The molecule has 0 fully saturated rings. The van der Waals surface area contributed by atoms with E-state index < -0.39 is 13.0 Å². The third kappa shape index (κ3) is 5.06. The zero-order valence-corrected chi connectivity index (χ0v) is 9.37. The fourth-order valence-corrected chi connectivity index (χ4v) is 1.06. The van der Waals surface area contributed by atoms with E-state index in [-0.39, 0.29) is 6.08 Å². The molecule has 1 N–H and O–H groups in total. The topological polar surface area (TPSA) is 47.3 Å². The molecule has 0 aliphatic carbocycles. The van der Waals surface area contributed by atoms with Crippen LogP contribution < -0.4 is 10.1 Å². The van der Waals surface area contributed by atoms with Gasteiger partial charge in [0.25, 0.3) is 6.43 Å². The normalized spacial score (nSPS) is 11.4. The van der Waals surface area contributed by atoms with Crippen molar-refractivity contribution in [3.63, 3.8) is 0 Å². The molecule has 6 heteroatoms. The minimum Gasteiger partial charge on any atom is -0.444 e. The van der Waals surface area contributed by atoms with Gasteiger partial charge >= 0.3 is 6.08 Å². The second-order valence-corrected chi connectivity index (χ2v) is 3.83. The summed E-state index contributed by atoms with van der Waals surface area (Å²) < 4.78 is 33.1. The number of oxazole rings is 1. The lowest BCUT2D eigenvalue weighted by molar-refractivity contribution is 0.0658. The quantitative estimate of drug-likeness (QED) is 0.784. The van der Waals surface area contributed by atoms with Gasteiger partial charge in [-0.3, -0.25) is 0 Å². The highest BCUT2D eigenvalue weighted by atomic mass is 19.3. The number of nitrogens with one attached hydrogen (secondary N) is 1. The van der Waals surface area contributed by atoms with Crippen molar-refractivity contribution in [3.8, 4) is 6.08 Å². The number of alkyl halides is 2. The van der Waals surface area contributed by atoms with Crippen molar-refractivity contribution < 1.29 is 17.9 Å². The van der Waals surface area contributed by atoms with Gasteiger partial charge in [0.1, 0.15) is 6.26 Å². The molecule has 0 bridgehead atoms. The van der Waals surface area contributed by atoms with Crippen LogP contribution in [0.15, 0.2) is 10.7 Å². The van der Waals surface area contributed by atoms with E-state index in [0.29, 0.717) is 18.2 Å². The third-order valence-electron chi connectivity index (χ3n) is 1.72. The van der Waals surface area contributed by atoms with Gasteiger partial charge in [0.15, 0.2) is 6.61 Å². The summed E-state index contributed by atoms with van der Waals surface area (Å²) in [5.74, 6) is 0.543. The number of nitrogens with zero attached hydrogens (tertiary/aromatic N) is 1. The Kier molecular flexibility index (Phi) is 5.18. The monoisotopic (exact) mass is 234 g/mol. The van der Waals surface area contributed by atoms with E-state index in [1.807, 2.05) is 0 Å². The van der Waals surface area contributed by atoms with E-state index in [0.717, 1.165) is 6.54 Å². The first-order chi connectivity index (χ1) is 7.58. The number of aromatic nitrogens is 1. The molecule has 92 valence electrons. The molecule has 0 amide bonds. The van der Waals surface area contributed by atoms with Crippen molar-refractivity contribution in [1.82, 2.24) is 10.3 Å². The molecule has 1 aromatic rings. The number of hydrogen-bond acceptors (Lipinski definition) is 4. The molecule has 0 spiro atoms. The van der Waals surface area contributed by atoms with Crippen molar-refractivity contribution in [2.24, 2.45) is 5.92 Å². The summed E-state index contributed by atoms with van der Waals surface area (Å²) in [5, 5.41) is 3.15. The van der Waals surface area contributed by atoms with Crippen LogP contribution in [0.25, 0.3) is 0 Å². The van der Waals surface area contributed by atoms with E-state index in [9.17, 15) is 8.78 Å². The van der Waals surface area contributed by atoms with Crippen LogP contribution >= 0.6 is 0 Å². The van der Waals surface area contributed by atoms with Crippen LogP contribution in [0.4, 0.5) is 8.78 Å². The van der Waals surface area contributed by atoms with Gasteiger partial charge in [0, 0.05) is 6.54 Å². The van der Waals surface area contributed by atoms with E-state index in [1.54, 1.807) is 0 Å². The SMILES string of the molecule is CC(C)CNCc1coc(OCC(F)F)n1. The molecule has 0 aliphatic heterocycles. The van der Waals surface area contributed by atoms with E-state index in [2.05, 4.69) is 28.9 Å². The summed E-state index contributed by atoms with van der Waals surface area (Å²) in [7, 11) is 0. The molecule has 0 atom stereocenters. The first-order valence-electron chi connectivity index (χ1n) is 5.14. The molecule has 0 unspecified atom stereocenters. The highest BCUT2D eigenvalue weighted by Crippen LogP contribution is 2.10. The van der Waals surface area contributed by atoms with Crippen LogP contribution in [0, 0.1) is 5.92 Å². The number of rotatable bonds is 7. The Bertz CT molecular complexity index is 303. The second-order valence-electron chi connectivity index (χ2n) is 3.83. The van der Waals surface area contributed by atoms with Crippen LogP contribution in [-0.2, 0) is 6.54 Å². The Hall–Kier alpha value is -1.17. The number of ether oxygens (including phenoxy) is 1. The molecule has 0 saturated carbocycles. The molecule has 0 saturated heterocycles. The average Bonchev–Trinajstić information content (AvgIpc) is 2.62. The Morgan fingerprint density at radius 2 is 2.25 bits per heavy atom. The van der Waals surface area contributed by atoms with Gasteiger partial charge in [0.2, 0.25) is 0 Å². The highest BCUT2D eigenvalue weighted by molar-refractivity contribution is 4.99. The first kappa shape index (κ1) is 12.9. The number of halogens is 2. The lowest BCUT2D eigenvalue weighted by Crippen LogP contribution is -2.19. The largest absolute Gasteiger partial charge is 0.444 e. The van der Waals surface area contributed by atoms with E-state index in [4.69, 9.17) is 4.42 Å².